The minimum Gasteiger partial charge on any atom is -0.370 e. The summed E-state index contributed by atoms with van der Waals surface area (Å²) >= 11 is 0. The third kappa shape index (κ3) is 2.90. The molecule has 0 aromatic carbocycles. The molecule has 5 nitrogen and oxygen atoms in total. The standard InChI is InChI=1S/C8H11N5/c1-6-3-2-4-11-7(6)12-5-13-8(9)10/h2-5H,1H3,(H4,9,10,11,12,13). The minimum atomic E-state index is -0.0164. The maximum absolute atomic E-state index is 5.11. The van der Waals surface area contributed by atoms with Gasteiger partial charge >= 0.3 is 0 Å². The predicted octanol–water partition coefficient (Wildman–Crippen LogP) is 0.323. The van der Waals surface area contributed by atoms with E-state index >= 15 is 0 Å². The number of pyridine rings is 1. The van der Waals surface area contributed by atoms with Crippen LogP contribution < -0.4 is 11.5 Å². The van der Waals surface area contributed by atoms with Crippen molar-refractivity contribution >= 4 is 18.1 Å². The van der Waals surface area contributed by atoms with Crippen LogP contribution in [0.5, 0.6) is 0 Å². The minimum absolute atomic E-state index is 0.0164. The summed E-state index contributed by atoms with van der Waals surface area (Å²) in [6.45, 7) is 1.91. The Morgan fingerprint density at radius 1 is 1.54 bits per heavy atom. The number of aryl methyl sites for hydroxylation is 1. The van der Waals surface area contributed by atoms with E-state index in [4.69, 9.17) is 11.5 Å². The summed E-state index contributed by atoms with van der Waals surface area (Å²) in [5, 5.41) is 0. The smallest absolute Gasteiger partial charge is 0.192 e. The Kier molecular flexibility index (Phi) is 2.97. The fourth-order valence-corrected chi connectivity index (χ4v) is 0.763. The molecule has 0 amide bonds. The van der Waals surface area contributed by atoms with Gasteiger partial charge in [-0.3, -0.25) is 0 Å². The van der Waals surface area contributed by atoms with Crippen molar-refractivity contribution in [1.29, 1.82) is 0 Å². The van der Waals surface area contributed by atoms with Gasteiger partial charge in [0.25, 0.3) is 0 Å². The molecule has 4 N–H and O–H groups in total. The number of hydrogen-bond acceptors (Lipinski definition) is 2. The Morgan fingerprint density at radius 3 is 2.92 bits per heavy atom. The number of aliphatic imine (C=N–C) groups is 2. The molecule has 0 fully saturated rings. The largest absolute Gasteiger partial charge is 0.370 e. The second-order valence-corrected chi connectivity index (χ2v) is 2.44. The first kappa shape index (κ1) is 9.18. The van der Waals surface area contributed by atoms with E-state index in [1.807, 2.05) is 19.1 Å². The molecular weight excluding hydrogens is 166 g/mol. The van der Waals surface area contributed by atoms with Gasteiger partial charge < -0.3 is 11.5 Å². The molecule has 0 radical (unpaired) electrons. The van der Waals surface area contributed by atoms with Crippen LogP contribution in [0.3, 0.4) is 0 Å². The molecule has 1 aromatic rings. The number of aromatic nitrogens is 1. The number of nitrogens with zero attached hydrogens (tertiary/aromatic N) is 3. The second-order valence-electron chi connectivity index (χ2n) is 2.44. The summed E-state index contributed by atoms with van der Waals surface area (Å²) in [4.78, 5) is 11.6. The number of nitrogens with two attached hydrogens (primary N) is 2. The number of rotatable bonds is 2. The van der Waals surface area contributed by atoms with Crippen molar-refractivity contribution in [2.75, 3.05) is 0 Å². The molecule has 0 aliphatic heterocycles. The monoisotopic (exact) mass is 177 g/mol. The van der Waals surface area contributed by atoms with Crippen molar-refractivity contribution in [1.82, 2.24) is 4.98 Å². The first-order chi connectivity index (χ1) is 6.20. The molecule has 1 aromatic heterocycles. The SMILES string of the molecule is Cc1cccnc1/N=C/N=C(N)N. The van der Waals surface area contributed by atoms with Gasteiger partial charge in [-0.15, -0.1) is 0 Å². The van der Waals surface area contributed by atoms with E-state index in [1.54, 1.807) is 6.20 Å². The molecular formula is C8H11N5. The Labute approximate surface area is 76.2 Å². The molecule has 5 heteroatoms. The zero-order chi connectivity index (χ0) is 9.68. The van der Waals surface area contributed by atoms with Gasteiger partial charge in [-0.1, -0.05) is 6.07 Å². The second kappa shape index (κ2) is 4.20. The summed E-state index contributed by atoms with van der Waals surface area (Å²) in [6.07, 6.45) is 2.94. The van der Waals surface area contributed by atoms with E-state index in [9.17, 15) is 0 Å². The molecule has 68 valence electrons. The molecule has 0 spiro atoms. The Morgan fingerprint density at radius 2 is 2.31 bits per heavy atom. The van der Waals surface area contributed by atoms with Crippen LogP contribution >= 0.6 is 0 Å². The number of hydrogen-bond donors (Lipinski definition) is 2. The van der Waals surface area contributed by atoms with Crippen LogP contribution in [-0.2, 0) is 0 Å². The van der Waals surface area contributed by atoms with Crippen molar-refractivity contribution in [2.24, 2.45) is 21.5 Å². The highest BCUT2D eigenvalue weighted by atomic mass is 15.0. The van der Waals surface area contributed by atoms with Crippen LogP contribution in [0.25, 0.3) is 0 Å². The van der Waals surface area contributed by atoms with Crippen LogP contribution in [0.2, 0.25) is 0 Å². The number of guanidine groups is 1. The van der Waals surface area contributed by atoms with E-state index in [2.05, 4.69) is 15.0 Å². The Balaban J connectivity index is 2.80. The van der Waals surface area contributed by atoms with Gasteiger partial charge in [0.15, 0.2) is 11.8 Å². The molecule has 1 rings (SSSR count). The Hall–Kier alpha value is -1.91. The fraction of sp³-hybridized carbons (Fsp3) is 0.125. The van der Waals surface area contributed by atoms with E-state index in [-0.39, 0.29) is 5.96 Å². The summed E-state index contributed by atoms with van der Waals surface area (Å²) in [5.41, 5.74) is 11.2. The van der Waals surface area contributed by atoms with Gasteiger partial charge in [0.2, 0.25) is 0 Å². The third-order valence-electron chi connectivity index (χ3n) is 1.37. The van der Waals surface area contributed by atoms with Crippen molar-refractivity contribution in [3.05, 3.63) is 23.9 Å². The van der Waals surface area contributed by atoms with Gasteiger partial charge in [0, 0.05) is 6.20 Å². The summed E-state index contributed by atoms with van der Waals surface area (Å²) in [7, 11) is 0. The van der Waals surface area contributed by atoms with Crippen LogP contribution in [-0.4, -0.2) is 17.3 Å². The van der Waals surface area contributed by atoms with E-state index in [0.29, 0.717) is 5.82 Å². The highest BCUT2D eigenvalue weighted by molar-refractivity contribution is 5.84. The average molecular weight is 177 g/mol. The zero-order valence-corrected chi connectivity index (χ0v) is 7.31. The maximum Gasteiger partial charge on any atom is 0.192 e. The highest BCUT2D eigenvalue weighted by Crippen LogP contribution is 2.11. The molecule has 0 aliphatic carbocycles. The molecule has 0 saturated carbocycles. The average Bonchev–Trinajstić information content (AvgIpc) is 2.08. The normalized spacial score (nSPS) is 10.2. The first-order valence-electron chi connectivity index (χ1n) is 3.73. The molecule has 0 unspecified atom stereocenters. The predicted molar refractivity (Wildman–Crippen MR) is 52.9 cm³/mol. The van der Waals surface area contributed by atoms with E-state index in [0.717, 1.165) is 5.56 Å². The molecule has 13 heavy (non-hydrogen) atoms. The summed E-state index contributed by atoms with van der Waals surface area (Å²) in [5.74, 6) is 0.602. The van der Waals surface area contributed by atoms with Crippen molar-refractivity contribution in [3.8, 4) is 0 Å². The lowest BCUT2D eigenvalue weighted by atomic mass is 10.3. The molecule has 0 aliphatic rings. The molecule has 0 atom stereocenters. The van der Waals surface area contributed by atoms with Crippen LogP contribution in [0.15, 0.2) is 28.3 Å². The van der Waals surface area contributed by atoms with Crippen LogP contribution in [0.4, 0.5) is 5.82 Å². The van der Waals surface area contributed by atoms with Gasteiger partial charge in [0.1, 0.15) is 6.34 Å². The van der Waals surface area contributed by atoms with Crippen LogP contribution in [0.1, 0.15) is 5.56 Å². The van der Waals surface area contributed by atoms with Crippen molar-refractivity contribution < 1.29 is 0 Å². The summed E-state index contributed by atoms with van der Waals surface area (Å²) < 4.78 is 0. The first-order valence-corrected chi connectivity index (χ1v) is 3.73. The molecule has 0 saturated heterocycles. The fourth-order valence-electron chi connectivity index (χ4n) is 0.763. The molecule has 1 heterocycles. The van der Waals surface area contributed by atoms with Gasteiger partial charge in [-0.2, -0.15) is 0 Å². The van der Waals surface area contributed by atoms with Crippen molar-refractivity contribution in [3.63, 3.8) is 0 Å². The van der Waals surface area contributed by atoms with Crippen LogP contribution in [0, 0.1) is 6.92 Å². The highest BCUT2D eigenvalue weighted by Gasteiger charge is 1.92. The lowest BCUT2D eigenvalue weighted by molar-refractivity contribution is 1.22. The third-order valence-corrected chi connectivity index (χ3v) is 1.37. The topological polar surface area (TPSA) is 89.6 Å². The van der Waals surface area contributed by atoms with Gasteiger partial charge in [0.05, 0.1) is 0 Å². The maximum atomic E-state index is 5.11. The van der Waals surface area contributed by atoms with Crippen molar-refractivity contribution in [2.45, 2.75) is 6.92 Å². The summed E-state index contributed by atoms with van der Waals surface area (Å²) in [6, 6.07) is 3.75. The lowest BCUT2D eigenvalue weighted by Gasteiger charge is -1.94. The van der Waals surface area contributed by atoms with Gasteiger partial charge in [-0.05, 0) is 18.6 Å². The van der Waals surface area contributed by atoms with E-state index < -0.39 is 0 Å². The Bertz CT molecular complexity index is 338. The lowest BCUT2D eigenvalue weighted by Crippen LogP contribution is -2.22. The zero-order valence-electron chi connectivity index (χ0n) is 7.31. The quantitative estimate of drug-likeness (QED) is 0.503. The molecule has 0 bridgehead atoms. The van der Waals surface area contributed by atoms with Gasteiger partial charge in [-0.25, -0.2) is 15.0 Å². The van der Waals surface area contributed by atoms with E-state index in [1.165, 1.54) is 6.34 Å².